The second-order valence-corrected chi connectivity index (χ2v) is 5.89. The van der Waals surface area contributed by atoms with Crippen LogP contribution in [0.25, 0.3) is 10.2 Å². The Morgan fingerprint density at radius 1 is 1.26 bits per heavy atom. The first kappa shape index (κ1) is 12.5. The van der Waals surface area contributed by atoms with Crippen molar-refractivity contribution >= 4 is 43.3 Å². The lowest BCUT2D eigenvalue weighted by Crippen LogP contribution is -2.10. The van der Waals surface area contributed by atoms with Crippen molar-refractivity contribution in [2.75, 3.05) is 5.43 Å². The van der Waals surface area contributed by atoms with Crippen LogP contribution in [0.4, 0.5) is 5.82 Å². The Morgan fingerprint density at radius 3 is 2.95 bits per heavy atom. The average molecular weight is 335 g/mol. The number of fused-ring (bicyclic) bond motifs is 1. The monoisotopic (exact) mass is 334 g/mol. The summed E-state index contributed by atoms with van der Waals surface area (Å²) in [5, 5.41) is 2.95. The van der Waals surface area contributed by atoms with E-state index < -0.39 is 0 Å². The number of hydrazine groups is 1. The van der Waals surface area contributed by atoms with E-state index in [9.17, 15) is 0 Å². The minimum absolute atomic E-state index is 0.677. The fourth-order valence-corrected chi connectivity index (χ4v) is 3.15. The average Bonchev–Trinajstić information content (AvgIpc) is 2.86. The molecule has 1 aromatic carbocycles. The molecule has 0 saturated carbocycles. The molecule has 96 valence electrons. The predicted octanol–water partition coefficient (Wildman–Crippen LogP) is 3.33. The van der Waals surface area contributed by atoms with E-state index in [2.05, 4.69) is 43.5 Å². The number of benzene rings is 1. The van der Waals surface area contributed by atoms with E-state index in [1.165, 1.54) is 0 Å². The number of hydrogen-bond acceptors (Lipinski definition) is 5. The van der Waals surface area contributed by atoms with Crippen molar-refractivity contribution in [3.05, 3.63) is 51.6 Å². The van der Waals surface area contributed by atoms with Gasteiger partial charge in [0, 0.05) is 10.9 Å². The van der Waals surface area contributed by atoms with E-state index in [0.717, 1.165) is 26.1 Å². The lowest BCUT2D eigenvalue weighted by Gasteiger charge is -2.05. The molecule has 0 saturated heterocycles. The highest BCUT2D eigenvalue weighted by Crippen LogP contribution is 2.25. The lowest BCUT2D eigenvalue weighted by molar-refractivity contribution is 0.992. The quantitative estimate of drug-likeness (QED) is 0.569. The standard InChI is InChI=1S/C13H11BrN4S/c14-9-3-1-2-8(6-9)7-11-16-12(18-15)10-4-5-19-13(10)17-11/h1-6H,7,15H2,(H,16,17,18). The topological polar surface area (TPSA) is 63.8 Å². The van der Waals surface area contributed by atoms with Crippen molar-refractivity contribution in [3.63, 3.8) is 0 Å². The van der Waals surface area contributed by atoms with Crippen molar-refractivity contribution in [2.24, 2.45) is 5.84 Å². The maximum absolute atomic E-state index is 5.52. The van der Waals surface area contributed by atoms with Crippen molar-refractivity contribution in [1.29, 1.82) is 0 Å². The van der Waals surface area contributed by atoms with Gasteiger partial charge in [0.05, 0.1) is 5.39 Å². The SMILES string of the molecule is NNc1nc(Cc2cccc(Br)c2)nc2sccc12. The molecule has 0 aliphatic carbocycles. The highest BCUT2D eigenvalue weighted by Gasteiger charge is 2.08. The highest BCUT2D eigenvalue weighted by molar-refractivity contribution is 9.10. The summed E-state index contributed by atoms with van der Waals surface area (Å²) >= 11 is 5.05. The smallest absolute Gasteiger partial charge is 0.152 e. The number of nitrogens with two attached hydrogens (primary N) is 1. The first-order valence-corrected chi connectivity index (χ1v) is 7.39. The molecule has 0 atom stereocenters. The summed E-state index contributed by atoms with van der Waals surface area (Å²) in [6.45, 7) is 0. The summed E-state index contributed by atoms with van der Waals surface area (Å²) in [4.78, 5) is 9.98. The first-order valence-electron chi connectivity index (χ1n) is 5.71. The number of nitrogens with one attached hydrogen (secondary N) is 1. The van der Waals surface area contributed by atoms with Crippen LogP contribution in [0.1, 0.15) is 11.4 Å². The highest BCUT2D eigenvalue weighted by atomic mass is 79.9. The molecule has 0 bridgehead atoms. The molecule has 0 unspecified atom stereocenters. The number of halogens is 1. The number of hydrogen-bond donors (Lipinski definition) is 2. The summed E-state index contributed by atoms with van der Waals surface area (Å²) in [6.07, 6.45) is 0.683. The van der Waals surface area contributed by atoms with Crippen LogP contribution in [-0.2, 0) is 6.42 Å². The number of anilines is 1. The molecular formula is C13H11BrN4S. The zero-order valence-corrected chi connectivity index (χ0v) is 12.3. The van der Waals surface area contributed by atoms with Crippen LogP contribution in [0.3, 0.4) is 0 Å². The van der Waals surface area contributed by atoms with Crippen LogP contribution in [0.2, 0.25) is 0 Å². The molecule has 19 heavy (non-hydrogen) atoms. The van der Waals surface area contributed by atoms with Crippen molar-refractivity contribution < 1.29 is 0 Å². The molecule has 3 N–H and O–H groups in total. The molecule has 0 aliphatic rings. The van der Waals surface area contributed by atoms with Crippen molar-refractivity contribution in [3.8, 4) is 0 Å². The van der Waals surface area contributed by atoms with Crippen molar-refractivity contribution in [2.45, 2.75) is 6.42 Å². The summed E-state index contributed by atoms with van der Waals surface area (Å²) in [5.41, 5.74) is 3.80. The minimum Gasteiger partial charge on any atom is -0.308 e. The molecule has 3 aromatic rings. The van der Waals surface area contributed by atoms with E-state index >= 15 is 0 Å². The predicted molar refractivity (Wildman–Crippen MR) is 82.2 cm³/mol. The summed E-state index contributed by atoms with van der Waals surface area (Å²) < 4.78 is 1.05. The largest absolute Gasteiger partial charge is 0.308 e. The zero-order chi connectivity index (χ0) is 13.2. The van der Waals surface area contributed by atoms with Gasteiger partial charge in [-0.15, -0.1) is 11.3 Å². The second kappa shape index (κ2) is 5.24. The number of rotatable bonds is 3. The van der Waals surface area contributed by atoms with Gasteiger partial charge in [-0.25, -0.2) is 15.8 Å². The molecule has 0 radical (unpaired) electrons. The van der Waals surface area contributed by atoms with Gasteiger partial charge in [0.2, 0.25) is 0 Å². The fourth-order valence-electron chi connectivity index (χ4n) is 1.92. The number of nitrogens with zero attached hydrogens (tertiary/aromatic N) is 2. The van der Waals surface area contributed by atoms with E-state index in [0.29, 0.717) is 12.2 Å². The Hall–Kier alpha value is -1.50. The van der Waals surface area contributed by atoms with E-state index in [1.807, 2.05) is 23.6 Å². The molecule has 4 nitrogen and oxygen atoms in total. The zero-order valence-electron chi connectivity index (χ0n) is 9.93. The van der Waals surface area contributed by atoms with Crippen LogP contribution in [0, 0.1) is 0 Å². The van der Waals surface area contributed by atoms with Crippen LogP contribution in [0.5, 0.6) is 0 Å². The van der Waals surface area contributed by atoms with Gasteiger partial charge in [0.1, 0.15) is 10.7 Å². The second-order valence-electron chi connectivity index (χ2n) is 4.08. The van der Waals surface area contributed by atoms with Gasteiger partial charge in [-0.3, -0.25) is 0 Å². The molecule has 3 rings (SSSR count). The molecule has 2 aromatic heterocycles. The molecule has 2 heterocycles. The van der Waals surface area contributed by atoms with E-state index in [4.69, 9.17) is 5.84 Å². The van der Waals surface area contributed by atoms with Crippen LogP contribution in [-0.4, -0.2) is 9.97 Å². The van der Waals surface area contributed by atoms with Crippen LogP contribution < -0.4 is 11.3 Å². The third-order valence-electron chi connectivity index (χ3n) is 2.76. The van der Waals surface area contributed by atoms with Crippen LogP contribution >= 0.6 is 27.3 Å². The number of aromatic nitrogens is 2. The summed E-state index contributed by atoms with van der Waals surface area (Å²) in [6, 6.07) is 10.1. The Labute approximate surface area is 122 Å². The molecule has 0 fully saturated rings. The van der Waals surface area contributed by atoms with Gasteiger partial charge in [-0.05, 0) is 29.1 Å². The first-order chi connectivity index (χ1) is 9.26. The van der Waals surface area contributed by atoms with Gasteiger partial charge < -0.3 is 5.43 Å². The Bertz CT molecular complexity index is 725. The normalized spacial score (nSPS) is 10.8. The fraction of sp³-hybridized carbons (Fsp3) is 0.0769. The molecule has 0 amide bonds. The minimum atomic E-state index is 0.677. The van der Waals surface area contributed by atoms with Gasteiger partial charge in [0.25, 0.3) is 0 Å². The Morgan fingerprint density at radius 2 is 2.16 bits per heavy atom. The van der Waals surface area contributed by atoms with Gasteiger partial charge >= 0.3 is 0 Å². The molecule has 0 aliphatic heterocycles. The maximum atomic E-state index is 5.52. The third kappa shape index (κ3) is 2.60. The molecule has 6 heteroatoms. The maximum Gasteiger partial charge on any atom is 0.152 e. The summed E-state index contributed by atoms with van der Waals surface area (Å²) in [5.74, 6) is 6.96. The van der Waals surface area contributed by atoms with Crippen molar-refractivity contribution in [1.82, 2.24) is 9.97 Å². The number of nitrogen functional groups attached to an aromatic ring is 1. The van der Waals surface area contributed by atoms with Gasteiger partial charge in [-0.2, -0.15) is 0 Å². The third-order valence-corrected chi connectivity index (χ3v) is 4.06. The molecule has 0 spiro atoms. The van der Waals surface area contributed by atoms with Gasteiger partial charge in [-0.1, -0.05) is 28.1 Å². The summed E-state index contributed by atoms with van der Waals surface area (Å²) in [7, 11) is 0. The lowest BCUT2D eigenvalue weighted by atomic mass is 10.1. The Kier molecular flexibility index (Phi) is 3.46. The van der Waals surface area contributed by atoms with Gasteiger partial charge in [0.15, 0.2) is 5.82 Å². The Balaban J connectivity index is 2.01. The van der Waals surface area contributed by atoms with Crippen LogP contribution in [0.15, 0.2) is 40.2 Å². The van der Waals surface area contributed by atoms with E-state index in [-0.39, 0.29) is 0 Å². The molecular weight excluding hydrogens is 324 g/mol. The number of thiophene rings is 1. The van der Waals surface area contributed by atoms with E-state index in [1.54, 1.807) is 11.3 Å².